The fourth-order valence-corrected chi connectivity index (χ4v) is 1.98. The summed E-state index contributed by atoms with van der Waals surface area (Å²) in [4.78, 5) is 12.8. The van der Waals surface area contributed by atoms with Crippen molar-refractivity contribution in [3.05, 3.63) is 33.9 Å². The Hall–Kier alpha value is -1.62. The van der Waals surface area contributed by atoms with E-state index in [0.29, 0.717) is 17.6 Å². The van der Waals surface area contributed by atoms with Gasteiger partial charge in [-0.2, -0.15) is 0 Å². The molecule has 0 heterocycles. The van der Waals surface area contributed by atoms with Crippen molar-refractivity contribution in [3.8, 4) is 0 Å². The van der Waals surface area contributed by atoms with Gasteiger partial charge in [-0.1, -0.05) is 19.9 Å². The van der Waals surface area contributed by atoms with Crippen LogP contribution < -0.4 is 5.32 Å². The molecular weight excluding hydrogens is 242 g/mol. The standard InChI is InChI=1S/C14H23N3O2/c1-10(2)11(3)16(5)9-12-6-7-14(17(18)19)13(8-12)15-4/h6-8,10-11,15H,9H2,1-5H3. The van der Waals surface area contributed by atoms with Crippen LogP contribution >= 0.6 is 0 Å². The molecule has 0 bridgehead atoms. The summed E-state index contributed by atoms with van der Waals surface area (Å²) >= 11 is 0. The molecule has 0 aliphatic carbocycles. The molecule has 1 rings (SSSR count). The Bertz CT molecular complexity index is 446. The second-order valence-corrected chi connectivity index (χ2v) is 5.26. The minimum atomic E-state index is -0.365. The molecule has 0 saturated heterocycles. The van der Waals surface area contributed by atoms with Crippen LogP contribution in [0, 0.1) is 16.0 Å². The molecular formula is C14H23N3O2. The number of benzene rings is 1. The molecule has 5 heteroatoms. The van der Waals surface area contributed by atoms with Crippen LogP contribution in [-0.2, 0) is 6.54 Å². The predicted octanol–water partition coefficient (Wildman–Crippen LogP) is 3.11. The lowest BCUT2D eigenvalue weighted by Crippen LogP contribution is -2.32. The first-order valence-electron chi connectivity index (χ1n) is 6.52. The third-order valence-corrected chi connectivity index (χ3v) is 3.62. The number of rotatable bonds is 6. The van der Waals surface area contributed by atoms with Gasteiger partial charge in [0.1, 0.15) is 5.69 Å². The van der Waals surface area contributed by atoms with E-state index in [-0.39, 0.29) is 10.6 Å². The lowest BCUT2D eigenvalue weighted by atomic mass is 10.0. The Kier molecular flexibility index (Phi) is 5.30. The third-order valence-electron chi connectivity index (χ3n) is 3.62. The van der Waals surface area contributed by atoms with E-state index < -0.39 is 0 Å². The van der Waals surface area contributed by atoms with E-state index in [1.807, 2.05) is 12.1 Å². The average molecular weight is 265 g/mol. The van der Waals surface area contributed by atoms with Crippen molar-refractivity contribution < 1.29 is 4.92 Å². The molecule has 0 spiro atoms. The molecule has 0 radical (unpaired) electrons. The normalized spacial score (nSPS) is 12.8. The van der Waals surface area contributed by atoms with Gasteiger partial charge in [0.25, 0.3) is 5.69 Å². The van der Waals surface area contributed by atoms with Crippen LogP contribution in [-0.4, -0.2) is 30.0 Å². The number of hydrogen-bond donors (Lipinski definition) is 1. The fraction of sp³-hybridized carbons (Fsp3) is 0.571. The van der Waals surface area contributed by atoms with Gasteiger partial charge >= 0.3 is 0 Å². The number of nitrogens with zero attached hydrogens (tertiary/aromatic N) is 2. The molecule has 1 aromatic rings. The summed E-state index contributed by atoms with van der Waals surface area (Å²) in [5.41, 5.74) is 1.75. The average Bonchev–Trinajstić information content (AvgIpc) is 2.36. The van der Waals surface area contributed by atoms with E-state index in [4.69, 9.17) is 0 Å². The van der Waals surface area contributed by atoms with E-state index in [1.165, 1.54) is 0 Å². The molecule has 19 heavy (non-hydrogen) atoms. The van der Waals surface area contributed by atoms with Crippen molar-refractivity contribution in [2.45, 2.75) is 33.4 Å². The molecule has 0 aliphatic rings. The summed E-state index contributed by atoms with van der Waals surface area (Å²) < 4.78 is 0. The van der Waals surface area contributed by atoms with E-state index in [1.54, 1.807) is 13.1 Å². The first-order valence-corrected chi connectivity index (χ1v) is 6.52. The minimum Gasteiger partial charge on any atom is -0.383 e. The van der Waals surface area contributed by atoms with Crippen molar-refractivity contribution in [1.29, 1.82) is 0 Å². The van der Waals surface area contributed by atoms with Crippen LogP contribution in [0.3, 0.4) is 0 Å². The van der Waals surface area contributed by atoms with Gasteiger partial charge in [-0.3, -0.25) is 15.0 Å². The van der Waals surface area contributed by atoms with E-state index in [0.717, 1.165) is 12.1 Å². The smallest absolute Gasteiger partial charge is 0.292 e. The Morgan fingerprint density at radius 2 is 2.00 bits per heavy atom. The summed E-state index contributed by atoms with van der Waals surface area (Å²) in [7, 11) is 3.78. The monoisotopic (exact) mass is 265 g/mol. The van der Waals surface area contributed by atoms with Gasteiger partial charge in [0.15, 0.2) is 0 Å². The zero-order valence-electron chi connectivity index (χ0n) is 12.3. The highest BCUT2D eigenvalue weighted by molar-refractivity contribution is 5.62. The molecule has 1 N–H and O–H groups in total. The van der Waals surface area contributed by atoms with E-state index >= 15 is 0 Å². The van der Waals surface area contributed by atoms with E-state index in [9.17, 15) is 10.1 Å². The molecule has 0 fully saturated rings. The maximum Gasteiger partial charge on any atom is 0.292 e. The van der Waals surface area contributed by atoms with Crippen LogP contribution in [0.1, 0.15) is 26.3 Å². The van der Waals surface area contributed by atoms with Gasteiger partial charge in [0, 0.05) is 25.7 Å². The highest BCUT2D eigenvalue weighted by atomic mass is 16.6. The number of anilines is 1. The van der Waals surface area contributed by atoms with Crippen molar-refractivity contribution in [3.63, 3.8) is 0 Å². The number of nitro groups is 1. The molecule has 106 valence electrons. The quantitative estimate of drug-likeness (QED) is 0.634. The molecule has 0 amide bonds. The summed E-state index contributed by atoms with van der Waals surface area (Å²) in [6.07, 6.45) is 0. The van der Waals surface area contributed by atoms with Crippen LogP contribution in [0.5, 0.6) is 0 Å². The lowest BCUT2D eigenvalue weighted by Gasteiger charge is -2.27. The maximum atomic E-state index is 10.9. The number of nitrogens with one attached hydrogen (secondary N) is 1. The topological polar surface area (TPSA) is 58.4 Å². The van der Waals surface area contributed by atoms with E-state index in [2.05, 4.69) is 38.0 Å². The Balaban J connectivity index is 2.89. The molecule has 0 aromatic heterocycles. The van der Waals surface area contributed by atoms with Crippen molar-refractivity contribution in [2.75, 3.05) is 19.4 Å². The largest absolute Gasteiger partial charge is 0.383 e. The highest BCUT2D eigenvalue weighted by Crippen LogP contribution is 2.25. The summed E-state index contributed by atoms with van der Waals surface area (Å²) in [6, 6.07) is 5.70. The number of hydrogen-bond acceptors (Lipinski definition) is 4. The molecule has 1 aromatic carbocycles. The Morgan fingerprint density at radius 1 is 1.37 bits per heavy atom. The zero-order chi connectivity index (χ0) is 14.6. The first-order chi connectivity index (χ1) is 8.86. The SMILES string of the molecule is CNc1cc(CN(C)C(C)C(C)C)ccc1[N+](=O)[O-]. The van der Waals surface area contributed by atoms with Gasteiger partial charge in [-0.15, -0.1) is 0 Å². The first kappa shape index (κ1) is 15.4. The van der Waals surface area contributed by atoms with Crippen molar-refractivity contribution in [2.24, 2.45) is 5.92 Å². The molecule has 0 saturated carbocycles. The highest BCUT2D eigenvalue weighted by Gasteiger charge is 2.16. The predicted molar refractivity (Wildman–Crippen MR) is 78.4 cm³/mol. The molecule has 0 aliphatic heterocycles. The van der Waals surface area contributed by atoms with Crippen molar-refractivity contribution in [1.82, 2.24) is 4.90 Å². The Morgan fingerprint density at radius 3 is 2.47 bits per heavy atom. The second-order valence-electron chi connectivity index (χ2n) is 5.26. The van der Waals surface area contributed by atoms with Gasteiger partial charge < -0.3 is 5.32 Å². The van der Waals surface area contributed by atoms with Crippen LogP contribution in [0.15, 0.2) is 18.2 Å². The van der Waals surface area contributed by atoms with Crippen LogP contribution in [0.4, 0.5) is 11.4 Å². The fourth-order valence-electron chi connectivity index (χ4n) is 1.98. The van der Waals surface area contributed by atoms with Gasteiger partial charge in [0.05, 0.1) is 4.92 Å². The van der Waals surface area contributed by atoms with Crippen LogP contribution in [0.2, 0.25) is 0 Å². The summed E-state index contributed by atoms with van der Waals surface area (Å²) in [5.74, 6) is 0.576. The van der Waals surface area contributed by atoms with Gasteiger partial charge in [-0.05, 0) is 31.5 Å². The Labute approximate surface area is 114 Å². The van der Waals surface area contributed by atoms with Crippen molar-refractivity contribution >= 4 is 11.4 Å². The second kappa shape index (κ2) is 6.52. The molecule has 5 nitrogen and oxygen atoms in total. The van der Waals surface area contributed by atoms with Gasteiger partial charge in [0.2, 0.25) is 0 Å². The minimum absolute atomic E-state index is 0.116. The zero-order valence-corrected chi connectivity index (χ0v) is 12.3. The molecule has 1 unspecified atom stereocenters. The number of nitro benzene ring substituents is 1. The summed E-state index contributed by atoms with van der Waals surface area (Å²) in [5, 5.41) is 13.7. The lowest BCUT2D eigenvalue weighted by molar-refractivity contribution is -0.384. The summed E-state index contributed by atoms with van der Waals surface area (Å²) in [6.45, 7) is 7.35. The van der Waals surface area contributed by atoms with Crippen LogP contribution in [0.25, 0.3) is 0 Å². The maximum absolute atomic E-state index is 10.9. The van der Waals surface area contributed by atoms with Gasteiger partial charge in [-0.25, -0.2) is 0 Å². The molecule has 1 atom stereocenters. The third kappa shape index (κ3) is 3.92.